The Morgan fingerprint density at radius 1 is 1.17 bits per heavy atom. The monoisotopic (exact) mass is 325 g/mol. The van der Waals surface area contributed by atoms with Crippen molar-refractivity contribution in [3.8, 4) is 16.9 Å². The van der Waals surface area contributed by atoms with Crippen LogP contribution >= 0.6 is 0 Å². The molecule has 124 valence electrons. The molecule has 1 amide bonds. The van der Waals surface area contributed by atoms with Crippen molar-refractivity contribution in [3.63, 3.8) is 0 Å². The third kappa shape index (κ3) is 4.49. The molecule has 24 heavy (non-hydrogen) atoms. The molecule has 0 radical (unpaired) electrons. The Morgan fingerprint density at radius 2 is 1.96 bits per heavy atom. The summed E-state index contributed by atoms with van der Waals surface area (Å²) in [5, 5.41) is 5.99. The highest BCUT2D eigenvalue weighted by Crippen LogP contribution is 2.33. The first-order valence-corrected chi connectivity index (χ1v) is 7.66. The molecule has 7 nitrogen and oxygen atoms in total. The molecule has 0 fully saturated rings. The van der Waals surface area contributed by atoms with E-state index in [1.165, 1.54) is 0 Å². The van der Waals surface area contributed by atoms with Crippen molar-refractivity contribution in [2.75, 3.05) is 13.1 Å². The fraction of sp³-hybridized carbons (Fsp3) is 0.235. The predicted octanol–water partition coefficient (Wildman–Crippen LogP) is 3.43. The number of hydrogen-bond donors (Lipinski definition) is 2. The van der Waals surface area contributed by atoms with Gasteiger partial charge >= 0.3 is 0 Å². The second-order valence-electron chi connectivity index (χ2n) is 5.06. The number of hydrogen-bond acceptors (Lipinski definition) is 4. The zero-order chi connectivity index (χ0) is 17.2. The minimum atomic E-state index is -0.284. The highest BCUT2D eigenvalue weighted by molar-refractivity contribution is 5.99. The number of amides is 1. The van der Waals surface area contributed by atoms with Gasteiger partial charge in [0, 0.05) is 17.0 Å². The topological polar surface area (TPSA) is 113 Å². The molecule has 0 spiro atoms. The van der Waals surface area contributed by atoms with Gasteiger partial charge in [-0.2, -0.15) is 0 Å². The van der Waals surface area contributed by atoms with Crippen LogP contribution < -0.4 is 15.9 Å². The van der Waals surface area contributed by atoms with Gasteiger partial charge in [0.2, 0.25) is 0 Å². The summed E-state index contributed by atoms with van der Waals surface area (Å²) in [7, 11) is 0. The Morgan fingerprint density at radius 3 is 2.67 bits per heavy atom. The summed E-state index contributed by atoms with van der Waals surface area (Å²) in [5.74, 6) is -0.0502. The van der Waals surface area contributed by atoms with Crippen molar-refractivity contribution in [1.82, 2.24) is 5.32 Å². The average molecular weight is 325 g/mol. The lowest BCUT2D eigenvalue weighted by Gasteiger charge is -2.13. The van der Waals surface area contributed by atoms with E-state index in [-0.39, 0.29) is 11.7 Å². The van der Waals surface area contributed by atoms with E-state index in [2.05, 4.69) is 15.5 Å². The first-order valence-electron chi connectivity index (χ1n) is 7.66. The van der Waals surface area contributed by atoms with Crippen LogP contribution in [0.25, 0.3) is 21.6 Å². The van der Waals surface area contributed by atoms with Crippen LogP contribution in [0.1, 0.15) is 23.2 Å². The summed E-state index contributed by atoms with van der Waals surface area (Å²) in [6.07, 6.45) is 1.64. The number of nitrogens with two attached hydrogens (primary N) is 1. The number of azide groups is 1. The second kappa shape index (κ2) is 9.19. The molecule has 3 N–H and O–H groups in total. The van der Waals surface area contributed by atoms with E-state index in [1.54, 1.807) is 12.1 Å². The van der Waals surface area contributed by atoms with Gasteiger partial charge < -0.3 is 15.9 Å². The molecule has 0 aromatic heterocycles. The molecule has 0 saturated heterocycles. The molecule has 0 atom stereocenters. The minimum Gasteiger partial charge on any atom is -0.393 e. The number of nitrogens with one attached hydrogen (secondary N) is 1. The lowest BCUT2D eigenvalue weighted by molar-refractivity contribution is 0.0949. The van der Waals surface area contributed by atoms with E-state index in [9.17, 15) is 4.79 Å². The van der Waals surface area contributed by atoms with Crippen LogP contribution in [0.2, 0.25) is 0 Å². The molecule has 2 aromatic rings. The van der Waals surface area contributed by atoms with Gasteiger partial charge in [-0.15, -0.1) is 0 Å². The zero-order valence-corrected chi connectivity index (χ0v) is 13.2. The second-order valence-corrected chi connectivity index (χ2v) is 5.06. The van der Waals surface area contributed by atoms with Crippen molar-refractivity contribution in [2.24, 2.45) is 11.0 Å². The fourth-order valence-corrected chi connectivity index (χ4v) is 2.28. The average Bonchev–Trinajstić information content (AvgIpc) is 2.63. The standard InChI is InChI=1S/C17H19N5O2/c18-11-4-5-12-20-17(23)15-10-6-9-14(16(15)24-22-21-19)13-7-2-1-3-8-13/h1-3,6-10H,4-5,11-12,18H2,(H,20,23). The third-order valence-electron chi connectivity index (χ3n) is 3.43. The molecule has 2 aromatic carbocycles. The summed E-state index contributed by atoms with van der Waals surface area (Å²) in [5.41, 5.74) is 15.8. The smallest absolute Gasteiger partial charge is 0.255 e. The first-order chi connectivity index (χ1) is 11.8. The molecule has 0 unspecified atom stereocenters. The van der Waals surface area contributed by atoms with Crippen molar-refractivity contribution < 1.29 is 9.63 Å². The Bertz CT molecular complexity index is 727. The molecule has 0 aliphatic rings. The molecular formula is C17H19N5O2. The van der Waals surface area contributed by atoms with Gasteiger partial charge in [0.15, 0.2) is 5.75 Å². The highest BCUT2D eigenvalue weighted by atomic mass is 16.6. The summed E-state index contributed by atoms with van der Waals surface area (Å²) >= 11 is 0. The van der Waals surface area contributed by atoms with E-state index < -0.39 is 0 Å². The fourth-order valence-electron chi connectivity index (χ4n) is 2.28. The number of unbranched alkanes of at least 4 members (excludes halogenated alkanes) is 1. The maximum atomic E-state index is 12.4. The summed E-state index contributed by atoms with van der Waals surface area (Å²) in [4.78, 5) is 20.2. The normalized spacial score (nSPS) is 9.88. The van der Waals surface area contributed by atoms with Crippen molar-refractivity contribution in [1.29, 1.82) is 0 Å². The highest BCUT2D eigenvalue weighted by Gasteiger charge is 2.17. The van der Waals surface area contributed by atoms with Crippen LogP contribution in [0.5, 0.6) is 5.75 Å². The van der Waals surface area contributed by atoms with Crippen LogP contribution in [0.4, 0.5) is 0 Å². The number of nitrogens with zero attached hydrogens (tertiary/aromatic N) is 3. The van der Waals surface area contributed by atoms with Gasteiger partial charge in [0.05, 0.1) is 5.56 Å². The van der Waals surface area contributed by atoms with Crippen LogP contribution in [0.3, 0.4) is 0 Å². The number of benzene rings is 2. The summed E-state index contributed by atoms with van der Waals surface area (Å²) < 4.78 is 0. The van der Waals surface area contributed by atoms with Crippen LogP contribution in [-0.4, -0.2) is 19.0 Å². The maximum Gasteiger partial charge on any atom is 0.255 e. The van der Waals surface area contributed by atoms with Crippen LogP contribution in [-0.2, 0) is 0 Å². The van der Waals surface area contributed by atoms with Gasteiger partial charge in [0.25, 0.3) is 5.91 Å². The summed E-state index contributed by atoms with van der Waals surface area (Å²) in [6.45, 7) is 1.11. The molecule has 0 heterocycles. The lowest BCUT2D eigenvalue weighted by Crippen LogP contribution is -2.25. The number of carbonyl (C=O) groups is 1. The Kier molecular flexibility index (Phi) is 6.64. The number of rotatable bonds is 8. The van der Waals surface area contributed by atoms with E-state index in [4.69, 9.17) is 16.1 Å². The molecule has 0 aliphatic carbocycles. The molecule has 2 rings (SSSR count). The SMILES string of the molecule is [N-]=[N+]=NOc1c(C(=O)NCCCCN)cccc1-c1ccccc1. The molecule has 0 saturated carbocycles. The summed E-state index contributed by atoms with van der Waals surface area (Å²) in [6, 6.07) is 14.6. The van der Waals surface area contributed by atoms with E-state index in [0.717, 1.165) is 18.4 Å². The van der Waals surface area contributed by atoms with Crippen LogP contribution in [0, 0.1) is 0 Å². The van der Waals surface area contributed by atoms with Crippen molar-refractivity contribution >= 4 is 5.91 Å². The van der Waals surface area contributed by atoms with Gasteiger partial charge in [-0.3, -0.25) is 4.79 Å². The predicted molar refractivity (Wildman–Crippen MR) is 92.3 cm³/mol. The first kappa shape index (κ1) is 17.3. The molecule has 7 heteroatoms. The minimum absolute atomic E-state index is 0.234. The van der Waals surface area contributed by atoms with Gasteiger partial charge in [0.1, 0.15) is 5.28 Å². The van der Waals surface area contributed by atoms with Gasteiger partial charge in [-0.25, -0.2) is 0 Å². The van der Waals surface area contributed by atoms with Gasteiger partial charge in [-0.05, 0) is 36.5 Å². The van der Waals surface area contributed by atoms with Crippen LogP contribution in [0.15, 0.2) is 53.8 Å². The third-order valence-corrected chi connectivity index (χ3v) is 3.43. The van der Waals surface area contributed by atoms with E-state index in [1.807, 2.05) is 36.4 Å². The lowest BCUT2D eigenvalue weighted by atomic mass is 10.0. The number of carbonyl (C=O) groups excluding carboxylic acids is 1. The van der Waals surface area contributed by atoms with E-state index >= 15 is 0 Å². The zero-order valence-electron chi connectivity index (χ0n) is 13.2. The Labute approximate surface area is 140 Å². The van der Waals surface area contributed by atoms with E-state index in [0.29, 0.717) is 24.2 Å². The molecule has 0 bridgehead atoms. The quantitative estimate of drug-likeness (QED) is 0.255. The largest absolute Gasteiger partial charge is 0.393 e. The van der Waals surface area contributed by atoms with Crippen molar-refractivity contribution in [2.45, 2.75) is 12.8 Å². The van der Waals surface area contributed by atoms with Gasteiger partial charge in [-0.1, -0.05) is 42.5 Å². The molecular weight excluding hydrogens is 306 g/mol. The number of para-hydroxylation sites is 1. The van der Waals surface area contributed by atoms with Crippen molar-refractivity contribution in [3.05, 3.63) is 64.5 Å². The maximum absolute atomic E-state index is 12.4. The molecule has 0 aliphatic heterocycles. The Hall–Kier alpha value is -3.02. The Balaban J connectivity index is 2.33.